The third kappa shape index (κ3) is 5.56. The average Bonchev–Trinajstić information content (AvgIpc) is 3.54. The number of imidazole rings is 1. The van der Waals surface area contributed by atoms with E-state index in [1.165, 1.54) is 13.2 Å². The van der Waals surface area contributed by atoms with Crippen LogP contribution < -0.4 is 4.74 Å². The molecule has 2 aromatic heterocycles. The maximum atomic E-state index is 14.2. The summed E-state index contributed by atoms with van der Waals surface area (Å²) in [4.78, 5) is 19.5. The van der Waals surface area contributed by atoms with Crippen LogP contribution in [0.3, 0.4) is 0 Å². The van der Waals surface area contributed by atoms with Gasteiger partial charge in [-0.15, -0.1) is 0 Å². The van der Waals surface area contributed by atoms with Crippen molar-refractivity contribution in [2.75, 3.05) is 26.8 Å². The van der Waals surface area contributed by atoms with E-state index >= 15 is 0 Å². The number of likely N-dealkylation sites (tertiary alicyclic amines) is 1. The molecule has 0 spiro atoms. The van der Waals surface area contributed by atoms with Gasteiger partial charge in [-0.05, 0) is 49.6 Å². The monoisotopic (exact) mass is 567 g/mol. The van der Waals surface area contributed by atoms with E-state index in [4.69, 9.17) is 30.8 Å². The Morgan fingerprint density at radius 3 is 2.70 bits per heavy atom. The molecule has 210 valence electrons. The highest BCUT2D eigenvalue weighted by Gasteiger charge is 2.27. The number of hydrogen-bond donors (Lipinski definition) is 0. The lowest BCUT2D eigenvalue weighted by atomic mass is 10.1. The van der Waals surface area contributed by atoms with Crippen LogP contribution in [0.15, 0.2) is 48.7 Å². The van der Waals surface area contributed by atoms with E-state index in [2.05, 4.69) is 14.6 Å². The number of benzene rings is 2. The van der Waals surface area contributed by atoms with Gasteiger partial charge in [0, 0.05) is 36.3 Å². The summed E-state index contributed by atoms with van der Waals surface area (Å²) in [7, 11) is 1.39. The number of rotatable bonds is 9. The van der Waals surface area contributed by atoms with Crippen LogP contribution in [-0.2, 0) is 29.2 Å². The molecule has 0 radical (unpaired) electrons. The maximum Gasteiger partial charge on any atom is 0.337 e. The lowest BCUT2D eigenvalue weighted by molar-refractivity contribution is -0.0592. The Morgan fingerprint density at radius 1 is 1.15 bits per heavy atom. The van der Waals surface area contributed by atoms with Crippen molar-refractivity contribution < 1.29 is 23.4 Å². The van der Waals surface area contributed by atoms with E-state index in [1.54, 1.807) is 24.4 Å². The summed E-state index contributed by atoms with van der Waals surface area (Å²) in [5, 5.41) is 4.87. The molecule has 11 heteroatoms. The Hall–Kier alpha value is -3.47. The first-order chi connectivity index (χ1) is 19.5. The molecule has 0 unspecified atom stereocenters. The zero-order valence-corrected chi connectivity index (χ0v) is 23.0. The van der Waals surface area contributed by atoms with E-state index in [-0.39, 0.29) is 30.5 Å². The van der Waals surface area contributed by atoms with Crippen LogP contribution in [0.5, 0.6) is 5.88 Å². The van der Waals surface area contributed by atoms with Crippen molar-refractivity contribution in [3.63, 3.8) is 0 Å². The topological polar surface area (TPSA) is 83.6 Å². The average molecular weight is 568 g/mol. The van der Waals surface area contributed by atoms with E-state index in [1.807, 2.05) is 22.9 Å². The van der Waals surface area contributed by atoms with Crippen molar-refractivity contribution in [2.24, 2.45) is 0 Å². The van der Waals surface area contributed by atoms with Gasteiger partial charge in [-0.25, -0.2) is 18.9 Å². The van der Waals surface area contributed by atoms with E-state index < -0.39 is 0 Å². The highest BCUT2D eigenvalue weighted by atomic mass is 35.5. The minimum Gasteiger partial charge on any atom is -0.473 e. The highest BCUT2D eigenvalue weighted by Crippen LogP contribution is 2.29. The maximum absolute atomic E-state index is 14.2. The van der Waals surface area contributed by atoms with Gasteiger partial charge in [-0.1, -0.05) is 17.7 Å². The number of hydrogen-bond acceptors (Lipinski definition) is 7. The van der Waals surface area contributed by atoms with Gasteiger partial charge in [0.1, 0.15) is 18.2 Å². The molecule has 9 nitrogen and oxygen atoms in total. The molecule has 0 aliphatic carbocycles. The van der Waals surface area contributed by atoms with Crippen LogP contribution in [-0.4, -0.2) is 63.1 Å². The van der Waals surface area contributed by atoms with Crippen LogP contribution in [0, 0.1) is 5.82 Å². The number of carbonyl (C=O) groups excluding carboxylic acids is 1. The van der Waals surface area contributed by atoms with Crippen molar-refractivity contribution in [1.82, 2.24) is 24.2 Å². The van der Waals surface area contributed by atoms with Crippen LogP contribution in [0.1, 0.15) is 47.1 Å². The number of halogens is 2. The van der Waals surface area contributed by atoms with E-state index in [9.17, 15) is 9.18 Å². The molecule has 2 aliphatic rings. The largest absolute Gasteiger partial charge is 0.473 e. The molecule has 0 saturated carbocycles. The second-order valence-corrected chi connectivity index (χ2v) is 10.7. The minimum absolute atomic E-state index is 0.103. The molecule has 4 aromatic rings. The van der Waals surface area contributed by atoms with Gasteiger partial charge < -0.3 is 18.8 Å². The first kappa shape index (κ1) is 26.7. The third-order valence-electron chi connectivity index (χ3n) is 7.72. The number of methoxy groups -OCH3 is 1. The molecular formula is C29H31ClFN5O4. The van der Waals surface area contributed by atoms with Crippen molar-refractivity contribution >= 4 is 28.6 Å². The number of fused-ring (bicyclic) bond motifs is 1. The Kier molecular flexibility index (Phi) is 7.73. The minimum atomic E-state index is -0.386. The molecule has 40 heavy (non-hydrogen) atoms. The summed E-state index contributed by atoms with van der Waals surface area (Å²) in [6.45, 7) is 4.02. The van der Waals surface area contributed by atoms with Crippen LogP contribution in [0.25, 0.3) is 11.0 Å². The zero-order valence-electron chi connectivity index (χ0n) is 22.3. The molecule has 6 rings (SSSR count). The lowest BCUT2D eigenvalue weighted by Gasteiger charge is -2.33. The Labute approximate surface area is 236 Å². The second kappa shape index (κ2) is 11.6. The first-order valence-electron chi connectivity index (χ1n) is 13.5. The fourth-order valence-corrected chi connectivity index (χ4v) is 5.54. The van der Waals surface area contributed by atoms with Gasteiger partial charge in [0.25, 0.3) is 0 Å². The standard InChI is InChI=1S/C29H31ClFN5O4/c1-38-29(37)19-3-5-25-26(14-19)35(16-23-9-13-39-23)27(33-25)17-34-11-7-22(8-12-34)36-28(6-10-32-36)40-18-20-2-4-21(30)15-24(20)31/h2-6,10,14-15,22-23H,7-9,11-13,16-18H2,1H3/t23-/m0/s1. The molecule has 2 aromatic carbocycles. The van der Waals surface area contributed by atoms with Crippen molar-refractivity contribution in [1.29, 1.82) is 0 Å². The van der Waals surface area contributed by atoms with Crippen LogP contribution >= 0.6 is 11.6 Å². The molecule has 0 N–H and O–H groups in total. The summed E-state index contributed by atoms with van der Waals surface area (Å²) in [5.74, 6) is 0.831. The Balaban J connectivity index is 1.13. The molecule has 1 atom stereocenters. The van der Waals surface area contributed by atoms with Crippen LogP contribution in [0.2, 0.25) is 5.02 Å². The SMILES string of the molecule is COC(=O)c1ccc2nc(CN3CCC(n4nccc4OCc4ccc(Cl)cc4F)CC3)n(C[C@@H]3CCO3)c2c1. The fraction of sp³-hybridized carbons (Fsp3) is 0.414. The molecule has 2 fully saturated rings. The van der Waals surface area contributed by atoms with Crippen molar-refractivity contribution in [2.45, 2.75) is 51.1 Å². The van der Waals surface area contributed by atoms with Crippen molar-refractivity contribution in [3.05, 3.63) is 76.5 Å². The number of esters is 1. The van der Waals surface area contributed by atoms with Gasteiger partial charge >= 0.3 is 5.97 Å². The highest BCUT2D eigenvalue weighted by molar-refractivity contribution is 6.30. The summed E-state index contributed by atoms with van der Waals surface area (Å²) in [6, 6.07) is 12.1. The quantitative estimate of drug-likeness (QED) is 0.263. The van der Waals surface area contributed by atoms with Gasteiger partial charge in [-0.3, -0.25) is 4.90 Å². The molecule has 4 heterocycles. The fourth-order valence-electron chi connectivity index (χ4n) is 5.38. The summed E-state index contributed by atoms with van der Waals surface area (Å²) in [6.07, 6.45) is 4.67. The Morgan fingerprint density at radius 2 is 1.98 bits per heavy atom. The van der Waals surface area contributed by atoms with Gasteiger partial charge in [-0.2, -0.15) is 5.10 Å². The first-order valence-corrected chi connectivity index (χ1v) is 13.9. The zero-order chi connectivity index (χ0) is 27.6. The second-order valence-electron chi connectivity index (χ2n) is 10.3. The molecule has 0 bridgehead atoms. The van der Waals surface area contributed by atoms with Crippen LogP contribution in [0.4, 0.5) is 4.39 Å². The lowest BCUT2D eigenvalue weighted by Crippen LogP contribution is -2.36. The van der Waals surface area contributed by atoms with E-state index in [0.717, 1.165) is 55.8 Å². The predicted molar refractivity (Wildman–Crippen MR) is 147 cm³/mol. The summed E-state index contributed by atoms with van der Waals surface area (Å²) >= 11 is 5.86. The summed E-state index contributed by atoms with van der Waals surface area (Å²) < 4.78 is 34.9. The normalized spacial score (nSPS) is 18.1. The van der Waals surface area contributed by atoms with Gasteiger partial charge in [0.2, 0.25) is 5.88 Å². The smallest absolute Gasteiger partial charge is 0.337 e. The number of nitrogens with zero attached hydrogens (tertiary/aromatic N) is 5. The third-order valence-corrected chi connectivity index (χ3v) is 7.96. The molecule has 2 saturated heterocycles. The number of carbonyl (C=O) groups is 1. The summed E-state index contributed by atoms with van der Waals surface area (Å²) in [5.41, 5.74) is 2.72. The Bertz CT molecular complexity index is 1510. The number of ether oxygens (including phenoxy) is 3. The van der Waals surface area contributed by atoms with Gasteiger partial charge in [0.15, 0.2) is 0 Å². The van der Waals surface area contributed by atoms with Crippen molar-refractivity contribution in [3.8, 4) is 5.88 Å². The number of piperidine rings is 1. The predicted octanol–water partition coefficient (Wildman–Crippen LogP) is 5.02. The van der Waals surface area contributed by atoms with Gasteiger partial charge in [0.05, 0.1) is 55.1 Å². The molecule has 2 aliphatic heterocycles. The number of aromatic nitrogens is 4. The molecule has 0 amide bonds. The van der Waals surface area contributed by atoms with E-state index in [0.29, 0.717) is 35.1 Å². The molecular weight excluding hydrogens is 537 g/mol.